The number of rotatable bonds is 4. The van der Waals surface area contributed by atoms with Crippen molar-refractivity contribution in [3.8, 4) is 0 Å². The number of hydrogen-bond donors (Lipinski definition) is 1. The molecule has 2 aromatic heterocycles. The van der Waals surface area contributed by atoms with Crippen LogP contribution in [0.2, 0.25) is 10.0 Å². The van der Waals surface area contributed by atoms with Crippen LogP contribution in [0.15, 0.2) is 24.3 Å². The first-order valence-corrected chi connectivity index (χ1v) is 8.66. The molecule has 0 aliphatic carbocycles. The maximum atomic E-state index is 12.8. The van der Waals surface area contributed by atoms with Crippen LogP contribution in [0.3, 0.4) is 0 Å². The van der Waals surface area contributed by atoms with Crippen LogP contribution in [0, 0.1) is 6.92 Å². The summed E-state index contributed by atoms with van der Waals surface area (Å²) in [6.07, 6.45) is 0. The van der Waals surface area contributed by atoms with Crippen LogP contribution in [-0.4, -0.2) is 17.9 Å². The second-order valence-corrected chi connectivity index (χ2v) is 7.18. The van der Waals surface area contributed by atoms with Crippen molar-refractivity contribution < 1.29 is 9.53 Å². The Kier molecular flexibility index (Phi) is 4.78. The molecule has 4 nitrogen and oxygen atoms in total. The molecule has 0 fully saturated rings. The summed E-state index contributed by atoms with van der Waals surface area (Å²) in [4.78, 5) is 18.5. The maximum absolute atomic E-state index is 12.8. The smallest absolute Gasteiger partial charge is 0.206 e. The molecule has 124 valence electrons. The highest BCUT2D eigenvalue weighted by molar-refractivity contribution is 7.21. The maximum Gasteiger partial charge on any atom is 0.206 e. The number of aromatic nitrogens is 1. The number of anilines is 1. The average molecular weight is 381 g/mol. The van der Waals surface area contributed by atoms with Gasteiger partial charge in [0.05, 0.1) is 23.0 Å². The first-order valence-electron chi connectivity index (χ1n) is 7.09. The van der Waals surface area contributed by atoms with Crippen molar-refractivity contribution in [3.63, 3.8) is 0 Å². The third-order valence-corrected chi connectivity index (χ3v) is 5.27. The third kappa shape index (κ3) is 3.00. The lowest BCUT2D eigenvalue weighted by atomic mass is 10.1. The number of nitrogens with two attached hydrogens (primary N) is 1. The summed E-state index contributed by atoms with van der Waals surface area (Å²) >= 11 is 13.3. The fraction of sp³-hybridized carbons (Fsp3) is 0.176. The Labute approximate surface area is 153 Å². The Balaban J connectivity index is 2.14. The first kappa shape index (κ1) is 17.2. The number of methoxy groups -OCH3 is 1. The topological polar surface area (TPSA) is 65.2 Å². The van der Waals surface area contributed by atoms with E-state index in [9.17, 15) is 4.79 Å². The molecule has 1 aromatic carbocycles. The Morgan fingerprint density at radius 3 is 2.75 bits per heavy atom. The van der Waals surface area contributed by atoms with E-state index in [1.807, 2.05) is 13.0 Å². The van der Waals surface area contributed by atoms with Gasteiger partial charge in [-0.2, -0.15) is 0 Å². The van der Waals surface area contributed by atoms with E-state index >= 15 is 0 Å². The molecule has 0 spiro atoms. The van der Waals surface area contributed by atoms with Crippen molar-refractivity contribution in [3.05, 3.63) is 56.0 Å². The van der Waals surface area contributed by atoms with Crippen molar-refractivity contribution in [1.82, 2.24) is 4.98 Å². The van der Waals surface area contributed by atoms with E-state index < -0.39 is 0 Å². The van der Waals surface area contributed by atoms with Gasteiger partial charge in [-0.1, -0.05) is 23.2 Å². The zero-order chi connectivity index (χ0) is 17.4. The largest absolute Gasteiger partial charge is 0.397 e. The Morgan fingerprint density at radius 1 is 1.33 bits per heavy atom. The molecule has 0 unspecified atom stereocenters. The normalized spacial score (nSPS) is 11.2. The van der Waals surface area contributed by atoms with Gasteiger partial charge < -0.3 is 10.5 Å². The summed E-state index contributed by atoms with van der Waals surface area (Å²) in [7, 11) is 1.61. The minimum atomic E-state index is -0.232. The molecule has 0 amide bonds. The summed E-state index contributed by atoms with van der Waals surface area (Å²) in [6, 6.07) is 6.69. The number of nitrogens with zero attached hydrogens (tertiary/aromatic N) is 1. The number of pyridine rings is 1. The van der Waals surface area contributed by atoms with E-state index in [1.54, 1.807) is 25.3 Å². The number of halogens is 2. The number of ether oxygens (including phenoxy) is 1. The number of ketones is 1. The number of aryl methyl sites for hydroxylation is 1. The van der Waals surface area contributed by atoms with Gasteiger partial charge in [0, 0.05) is 23.1 Å². The van der Waals surface area contributed by atoms with Gasteiger partial charge >= 0.3 is 0 Å². The van der Waals surface area contributed by atoms with Crippen LogP contribution in [0.4, 0.5) is 5.69 Å². The van der Waals surface area contributed by atoms with Crippen LogP contribution >= 0.6 is 34.5 Å². The highest BCUT2D eigenvalue weighted by atomic mass is 35.5. The van der Waals surface area contributed by atoms with Gasteiger partial charge in [-0.25, -0.2) is 4.98 Å². The lowest BCUT2D eigenvalue weighted by molar-refractivity contribution is 0.104. The molecule has 0 bridgehead atoms. The Morgan fingerprint density at radius 2 is 2.08 bits per heavy atom. The van der Waals surface area contributed by atoms with Crippen LogP contribution in [0.25, 0.3) is 10.2 Å². The van der Waals surface area contributed by atoms with Crippen molar-refractivity contribution in [2.45, 2.75) is 13.5 Å². The van der Waals surface area contributed by atoms with Crippen LogP contribution in [0.5, 0.6) is 0 Å². The predicted octanol–water partition coefficient (Wildman–Crippen LogP) is 4.87. The van der Waals surface area contributed by atoms with Crippen LogP contribution < -0.4 is 5.73 Å². The standard InChI is InChI=1S/C17H14Cl2N2O2S/c1-8-5-10(7-23-2)21-17-13(8)14(20)16(24-17)15(22)11-4-3-9(18)6-12(11)19/h3-6H,7,20H2,1-2H3. The lowest BCUT2D eigenvalue weighted by Crippen LogP contribution is -2.03. The molecular formula is C17H14Cl2N2O2S. The van der Waals surface area contributed by atoms with Gasteiger partial charge in [-0.05, 0) is 36.8 Å². The molecule has 3 aromatic rings. The van der Waals surface area contributed by atoms with Gasteiger partial charge in [0.1, 0.15) is 9.71 Å². The lowest BCUT2D eigenvalue weighted by Gasteiger charge is -2.04. The quantitative estimate of drug-likeness (QED) is 0.655. The highest BCUT2D eigenvalue weighted by Crippen LogP contribution is 2.37. The Hall–Kier alpha value is -1.66. The molecule has 2 heterocycles. The van der Waals surface area contributed by atoms with E-state index in [1.165, 1.54) is 11.3 Å². The van der Waals surface area contributed by atoms with Gasteiger partial charge in [0.25, 0.3) is 0 Å². The molecule has 0 aliphatic heterocycles. The molecule has 7 heteroatoms. The third-order valence-electron chi connectivity index (χ3n) is 3.62. The van der Waals surface area contributed by atoms with Gasteiger partial charge in [-0.15, -0.1) is 11.3 Å². The summed E-state index contributed by atoms with van der Waals surface area (Å²) < 4.78 is 5.13. The number of carbonyl (C=O) groups excluding carboxylic acids is 1. The predicted molar refractivity (Wildman–Crippen MR) is 99.4 cm³/mol. The van der Waals surface area contributed by atoms with Crippen molar-refractivity contribution in [1.29, 1.82) is 0 Å². The molecule has 0 aliphatic rings. The number of carbonyl (C=O) groups is 1. The van der Waals surface area contributed by atoms with Gasteiger partial charge in [-0.3, -0.25) is 4.79 Å². The molecular weight excluding hydrogens is 367 g/mol. The highest BCUT2D eigenvalue weighted by Gasteiger charge is 2.22. The van der Waals surface area contributed by atoms with Crippen LogP contribution in [-0.2, 0) is 11.3 Å². The van der Waals surface area contributed by atoms with E-state index in [0.717, 1.165) is 16.6 Å². The minimum Gasteiger partial charge on any atom is -0.397 e. The summed E-state index contributed by atoms with van der Waals surface area (Å²) in [6.45, 7) is 2.34. The molecule has 2 N–H and O–H groups in total. The molecule has 0 saturated heterocycles. The second kappa shape index (κ2) is 6.69. The molecule has 0 atom stereocenters. The summed E-state index contributed by atoms with van der Waals surface area (Å²) in [5.41, 5.74) is 8.79. The van der Waals surface area contributed by atoms with Gasteiger partial charge in [0.2, 0.25) is 5.78 Å². The number of thiophene rings is 1. The molecule has 0 saturated carbocycles. The number of fused-ring (bicyclic) bond motifs is 1. The minimum absolute atomic E-state index is 0.232. The number of hydrogen-bond acceptors (Lipinski definition) is 5. The van der Waals surface area contributed by atoms with Gasteiger partial charge in [0.15, 0.2) is 0 Å². The summed E-state index contributed by atoms with van der Waals surface area (Å²) in [5, 5.41) is 1.57. The molecule has 3 rings (SSSR count). The SMILES string of the molecule is COCc1cc(C)c2c(N)c(C(=O)c3ccc(Cl)cc3Cl)sc2n1. The fourth-order valence-electron chi connectivity index (χ4n) is 2.56. The average Bonchev–Trinajstić information content (AvgIpc) is 2.84. The zero-order valence-corrected chi connectivity index (χ0v) is 15.4. The monoisotopic (exact) mass is 380 g/mol. The van der Waals surface area contributed by atoms with Crippen molar-refractivity contribution >= 4 is 56.2 Å². The second-order valence-electron chi connectivity index (χ2n) is 5.34. The molecule has 24 heavy (non-hydrogen) atoms. The number of benzene rings is 1. The van der Waals surface area contributed by atoms with E-state index in [4.69, 9.17) is 33.7 Å². The van der Waals surface area contributed by atoms with E-state index in [2.05, 4.69) is 4.98 Å². The summed E-state index contributed by atoms with van der Waals surface area (Å²) in [5.74, 6) is -0.232. The van der Waals surface area contributed by atoms with Crippen molar-refractivity contribution in [2.75, 3.05) is 12.8 Å². The van der Waals surface area contributed by atoms with E-state index in [0.29, 0.717) is 37.6 Å². The zero-order valence-electron chi connectivity index (χ0n) is 13.0. The van der Waals surface area contributed by atoms with Crippen molar-refractivity contribution in [2.24, 2.45) is 0 Å². The number of nitrogen functional groups attached to an aromatic ring is 1. The first-order chi connectivity index (χ1) is 11.4. The molecule has 0 radical (unpaired) electrons. The van der Waals surface area contributed by atoms with E-state index in [-0.39, 0.29) is 5.78 Å². The fourth-order valence-corrected chi connectivity index (χ4v) is 4.20. The van der Waals surface area contributed by atoms with Crippen LogP contribution in [0.1, 0.15) is 26.5 Å². The Bertz CT molecular complexity index is 953.